The molecule has 7 heteroatoms. The van der Waals surface area contributed by atoms with Crippen LogP contribution in [-0.2, 0) is 0 Å². The Balaban J connectivity index is 1.70. The molecule has 0 aliphatic rings. The predicted octanol–water partition coefficient (Wildman–Crippen LogP) is 3.61. The van der Waals surface area contributed by atoms with Crippen LogP contribution in [0.2, 0.25) is 0 Å². The minimum atomic E-state index is -0.401. The Kier molecular flexibility index (Phi) is 5.03. The second kappa shape index (κ2) is 7.57. The van der Waals surface area contributed by atoms with Gasteiger partial charge >= 0.3 is 6.03 Å². The van der Waals surface area contributed by atoms with Crippen molar-refractivity contribution in [2.24, 2.45) is 0 Å². The number of hydrogen-bond acceptors (Lipinski definition) is 5. The van der Waals surface area contributed by atoms with Crippen LogP contribution in [0.3, 0.4) is 0 Å². The molecular weight excluding hydrogens is 316 g/mol. The summed E-state index contributed by atoms with van der Waals surface area (Å²) in [6.07, 6.45) is 4.23. The minimum Gasteiger partial charge on any atom is -0.370 e. The van der Waals surface area contributed by atoms with E-state index in [-0.39, 0.29) is 5.95 Å². The largest absolute Gasteiger partial charge is 0.370 e. The van der Waals surface area contributed by atoms with Crippen LogP contribution in [-0.4, -0.2) is 27.5 Å². The van der Waals surface area contributed by atoms with E-state index in [9.17, 15) is 4.79 Å². The monoisotopic (exact) mass is 335 g/mol. The lowest BCUT2D eigenvalue weighted by molar-refractivity contribution is 0.262. The van der Waals surface area contributed by atoms with Gasteiger partial charge in [-0.15, -0.1) is 0 Å². The van der Waals surface area contributed by atoms with Crippen LogP contribution in [0.15, 0.2) is 42.7 Å². The van der Waals surface area contributed by atoms with Crippen molar-refractivity contribution in [3.63, 3.8) is 0 Å². The molecule has 0 saturated carbocycles. The molecule has 25 heavy (non-hydrogen) atoms. The van der Waals surface area contributed by atoms with Crippen molar-refractivity contribution < 1.29 is 4.79 Å². The Bertz CT molecular complexity index is 896. The Labute approximate surface area is 145 Å². The van der Waals surface area contributed by atoms with E-state index < -0.39 is 6.03 Å². The molecule has 2 heterocycles. The van der Waals surface area contributed by atoms with E-state index in [1.54, 1.807) is 12.4 Å². The molecule has 1 aromatic carbocycles. The van der Waals surface area contributed by atoms with Gasteiger partial charge in [0.2, 0.25) is 5.95 Å². The van der Waals surface area contributed by atoms with E-state index in [4.69, 9.17) is 0 Å². The van der Waals surface area contributed by atoms with Crippen LogP contribution in [0.25, 0.3) is 10.8 Å². The van der Waals surface area contributed by atoms with Gasteiger partial charge in [-0.1, -0.05) is 13.0 Å². The average Bonchev–Trinajstić information content (AvgIpc) is 2.59. The molecular formula is C18H19N6O. The molecule has 0 atom stereocenters. The molecule has 3 aromatic rings. The molecule has 0 saturated heterocycles. The molecule has 2 amide bonds. The van der Waals surface area contributed by atoms with Crippen molar-refractivity contribution in [1.29, 1.82) is 0 Å². The van der Waals surface area contributed by atoms with Gasteiger partial charge in [-0.2, -0.15) is 4.98 Å². The Hall–Kier alpha value is -3.22. The number of nitrogens with one attached hydrogen (secondary N) is 3. The zero-order valence-corrected chi connectivity index (χ0v) is 13.9. The van der Waals surface area contributed by atoms with Gasteiger partial charge < -0.3 is 10.6 Å². The van der Waals surface area contributed by atoms with Crippen LogP contribution in [0, 0.1) is 13.8 Å². The van der Waals surface area contributed by atoms with Gasteiger partial charge in [-0.05, 0) is 36.9 Å². The molecule has 0 fully saturated rings. The maximum absolute atomic E-state index is 12.2. The lowest BCUT2D eigenvalue weighted by Crippen LogP contribution is -2.21. The summed E-state index contributed by atoms with van der Waals surface area (Å²) in [5.74, 6) is 0.902. The molecule has 127 valence electrons. The molecule has 0 bridgehead atoms. The summed E-state index contributed by atoms with van der Waals surface area (Å²) in [5.41, 5.74) is 1.44. The summed E-state index contributed by atoms with van der Waals surface area (Å²) in [4.78, 5) is 24.8. The van der Waals surface area contributed by atoms with Crippen LogP contribution in [0.4, 0.5) is 22.2 Å². The number of carbonyl (C=O) groups is 1. The summed E-state index contributed by atoms with van der Waals surface area (Å²) in [6, 6.07) is 8.92. The van der Waals surface area contributed by atoms with Crippen molar-refractivity contribution in [2.75, 3.05) is 22.5 Å². The topological polar surface area (TPSA) is 91.8 Å². The third-order valence-electron chi connectivity index (χ3n) is 3.46. The third kappa shape index (κ3) is 4.41. The molecule has 3 N–H and O–H groups in total. The first kappa shape index (κ1) is 16.6. The summed E-state index contributed by atoms with van der Waals surface area (Å²) in [5, 5.41) is 10.6. The summed E-state index contributed by atoms with van der Waals surface area (Å²) < 4.78 is 0. The number of rotatable bonds is 5. The quantitative estimate of drug-likeness (QED) is 0.662. The highest BCUT2D eigenvalue weighted by Gasteiger charge is 2.07. The fraction of sp³-hybridized carbons (Fsp3) is 0.167. The van der Waals surface area contributed by atoms with Crippen molar-refractivity contribution in [1.82, 2.24) is 15.0 Å². The fourth-order valence-corrected chi connectivity index (χ4v) is 2.36. The van der Waals surface area contributed by atoms with E-state index in [0.717, 1.165) is 22.9 Å². The highest BCUT2D eigenvalue weighted by molar-refractivity contribution is 6.00. The number of pyridine rings is 1. The molecule has 1 radical (unpaired) electrons. The van der Waals surface area contributed by atoms with Crippen molar-refractivity contribution in [3.05, 3.63) is 55.3 Å². The molecule has 3 rings (SSSR count). The van der Waals surface area contributed by atoms with Crippen LogP contribution in [0.5, 0.6) is 0 Å². The SMILES string of the molecule is [CH2]CCNc1cc(C)nc(NC(=O)Nc2ccc3cnccc3c2)n1. The van der Waals surface area contributed by atoms with Crippen LogP contribution in [0.1, 0.15) is 12.1 Å². The minimum absolute atomic E-state index is 0.244. The number of nitrogens with zero attached hydrogens (tertiary/aromatic N) is 3. The van der Waals surface area contributed by atoms with E-state index in [1.807, 2.05) is 37.3 Å². The predicted molar refractivity (Wildman–Crippen MR) is 99.6 cm³/mol. The van der Waals surface area contributed by atoms with Gasteiger partial charge in [0.15, 0.2) is 0 Å². The first-order valence-corrected chi connectivity index (χ1v) is 7.94. The van der Waals surface area contributed by atoms with Gasteiger partial charge in [0.25, 0.3) is 0 Å². The molecule has 0 aliphatic heterocycles. The number of benzene rings is 1. The second-order valence-electron chi connectivity index (χ2n) is 5.52. The smallest absolute Gasteiger partial charge is 0.326 e. The van der Waals surface area contributed by atoms with E-state index in [2.05, 4.69) is 37.8 Å². The standard InChI is InChI=1S/C18H19N6O/c1-3-7-20-16-9-12(2)21-17(23-16)24-18(25)22-15-5-4-14-11-19-8-6-13(14)10-15/h4-6,8-11H,1,3,7H2,2H3,(H3,20,21,22,23,24,25). The first-order chi connectivity index (χ1) is 12.1. The number of aromatic nitrogens is 3. The molecule has 0 aliphatic carbocycles. The highest BCUT2D eigenvalue weighted by Crippen LogP contribution is 2.18. The Morgan fingerprint density at radius 2 is 2.00 bits per heavy atom. The lowest BCUT2D eigenvalue weighted by atomic mass is 10.1. The number of carbonyl (C=O) groups excluding carboxylic acids is 1. The zero-order valence-electron chi connectivity index (χ0n) is 13.9. The third-order valence-corrected chi connectivity index (χ3v) is 3.46. The lowest BCUT2D eigenvalue weighted by Gasteiger charge is -2.10. The van der Waals surface area contributed by atoms with Gasteiger partial charge in [-0.3, -0.25) is 10.3 Å². The van der Waals surface area contributed by atoms with Crippen LogP contribution < -0.4 is 16.0 Å². The fourth-order valence-electron chi connectivity index (χ4n) is 2.36. The summed E-state index contributed by atoms with van der Waals surface area (Å²) in [6.45, 7) is 6.32. The maximum Gasteiger partial charge on any atom is 0.326 e. The van der Waals surface area contributed by atoms with Gasteiger partial charge in [0, 0.05) is 41.8 Å². The number of anilines is 3. The van der Waals surface area contributed by atoms with Crippen LogP contribution >= 0.6 is 0 Å². The van der Waals surface area contributed by atoms with Crippen molar-refractivity contribution in [3.8, 4) is 0 Å². The molecule has 0 spiro atoms. The number of hydrogen-bond donors (Lipinski definition) is 3. The van der Waals surface area contributed by atoms with Crippen molar-refractivity contribution in [2.45, 2.75) is 13.3 Å². The Morgan fingerprint density at radius 3 is 2.84 bits per heavy atom. The van der Waals surface area contributed by atoms with Gasteiger partial charge in [0.05, 0.1) is 0 Å². The van der Waals surface area contributed by atoms with Crippen molar-refractivity contribution >= 4 is 34.3 Å². The van der Waals surface area contributed by atoms with Gasteiger partial charge in [0.1, 0.15) is 5.82 Å². The maximum atomic E-state index is 12.2. The van der Waals surface area contributed by atoms with E-state index in [1.165, 1.54) is 0 Å². The number of aryl methyl sites for hydroxylation is 1. The van der Waals surface area contributed by atoms with E-state index >= 15 is 0 Å². The summed E-state index contributed by atoms with van der Waals surface area (Å²) >= 11 is 0. The number of fused-ring (bicyclic) bond motifs is 1. The van der Waals surface area contributed by atoms with E-state index in [0.29, 0.717) is 18.1 Å². The van der Waals surface area contributed by atoms with Gasteiger partial charge in [-0.25, -0.2) is 9.78 Å². The summed E-state index contributed by atoms with van der Waals surface area (Å²) in [7, 11) is 0. The molecule has 2 aromatic heterocycles. The number of amides is 2. The molecule has 0 unspecified atom stereocenters. The molecule has 7 nitrogen and oxygen atoms in total. The average molecular weight is 335 g/mol. The normalized spacial score (nSPS) is 10.5. The second-order valence-corrected chi connectivity index (χ2v) is 5.52. The highest BCUT2D eigenvalue weighted by atomic mass is 16.2. The zero-order chi connectivity index (χ0) is 17.6. The first-order valence-electron chi connectivity index (χ1n) is 7.94. The number of urea groups is 1. The Morgan fingerprint density at radius 1 is 1.12 bits per heavy atom.